The highest BCUT2D eigenvalue weighted by Crippen LogP contribution is 2.23. The maximum Gasteiger partial charge on any atom is 0.168 e. The van der Waals surface area contributed by atoms with Crippen molar-refractivity contribution < 1.29 is 14.6 Å². The molecule has 1 rings (SSSR count). The van der Waals surface area contributed by atoms with E-state index in [1.54, 1.807) is 13.8 Å². The van der Waals surface area contributed by atoms with Crippen LogP contribution in [0.2, 0.25) is 0 Å². The maximum atomic E-state index is 11.5. The molecule has 3 atom stereocenters. The van der Waals surface area contributed by atoms with E-state index in [1.807, 2.05) is 6.92 Å². The zero-order valence-corrected chi connectivity index (χ0v) is 8.28. The molecule has 0 aromatic rings. The van der Waals surface area contributed by atoms with Gasteiger partial charge in [0.25, 0.3) is 0 Å². The first-order chi connectivity index (χ1) is 6.07. The van der Waals surface area contributed by atoms with Gasteiger partial charge in [-0.05, 0) is 13.3 Å². The molecule has 0 saturated carbocycles. The SMILES string of the molecule is CCC(O)C1OC=C(C)C(=O)C1C. The highest BCUT2D eigenvalue weighted by atomic mass is 16.5. The molecule has 1 N–H and O–H groups in total. The molecule has 0 radical (unpaired) electrons. The molecular formula is C10H16O3. The largest absolute Gasteiger partial charge is 0.494 e. The molecule has 0 bridgehead atoms. The smallest absolute Gasteiger partial charge is 0.168 e. The van der Waals surface area contributed by atoms with Crippen LogP contribution in [0.5, 0.6) is 0 Å². The van der Waals surface area contributed by atoms with Gasteiger partial charge < -0.3 is 9.84 Å². The molecule has 3 unspecified atom stereocenters. The monoisotopic (exact) mass is 184 g/mol. The molecule has 0 aromatic carbocycles. The lowest BCUT2D eigenvalue weighted by atomic mass is 9.89. The predicted octanol–water partition coefficient (Wildman–Crippen LogP) is 1.27. The second kappa shape index (κ2) is 3.92. The number of hydrogen-bond donors (Lipinski definition) is 1. The number of hydrogen-bond acceptors (Lipinski definition) is 3. The average molecular weight is 184 g/mol. The minimum absolute atomic E-state index is 0.0729. The van der Waals surface area contributed by atoms with Crippen LogP contribution in [0, 0.1) is 5.92 Å². The van der Waals surface area contributed by atoms with Crippen molar-refractivity contribution in [1.82, 2.24) is 0 Å². The first kappa shape index (κ1) is 10.3. The van der Waals surface area contributed by atoms with Gasteiger partial charge in [-0.3, -0.25) is 4.79 Å². The Kier molecular flexibility index (Phi) is 3.09. The van der Waals surface area contributed by atoms with Crippen LogP contribution in [0.3, 0.4) is 0 Å². The quantitative estimate of drug-likeness (QED) is 0.703. The van der Waals surface area contributed by atoms with Gasteiger partial charge in [-0.15, -0.1) is 0 Å². The van der Waals surface area contributed by atoms with Crippen LogP contribution >= 0.6 is 0 Å². The summed E-state index contributed by atoms with van der Waals surface area (Å²) in [6, 6.07) is 0. The molecule has 13 heavy (non-hydrogen) atoms. The van der Waals surface area contributed by atoms with E-state index in [0.717, 1.165) is 0 Å². The Morgan fingerprint density at radius 2 is 2.31 bits per heavy atom. The van der Waals surface area contributed by atoms with Crippen molar-refractivity contribution in [3.8, 4) is 0 Å². The van der Waals surface area contributed by atoms with Crippen LogP contribution in [-0.2, 0) is 9.53 Å². The highest BCUT2D eigenvalue weighted by Gasteiger charge is 2.33. The Balaban J connectivity index is 2.76. The first-order valence-electron chi connectivity index (χ1n) is 4.62. The summed E-state index contributed by atoms with van der Waals surface area (Å²) in [5, 5.41) is 9.55. The third-order valence-corrected chi connectivity index (χ3v) is 2.49. The lowest BCUT2D eigenvalue weighted by Gasteiger charge is -2.30. The molecule has 3 nitrogen and oxygen atoms in total. The fourth-order valence-electron chi connectivity index (χ4n) is 1.52. The number of aliphatic hydroxyl groups is 1. The van der Waals surface area contributed by atoms with Gasteiger partial charge in [0.05, 0.1) is 18.3 Å². The number of Topliss-reactive ketones (excluding diaryl/α,β-unsaturated/α-hetero) is 1. The third-order valence-electron chi connectivity index (χ3n) is 2.49. The number of allylic oxidation sites excluding steroid dienone is 1. The Labute approximate surface area is 78.4 Å². The summed E-state index contributed by atoms with van der Waals surface area (Å²) in [5.74, 6) is -0.163. The van der Waals surface area contributed by atoms with Gasteiger partial charge in [0.15, 0.2) is 5.78 Å². The minimum Gasteiger partial charge on any atom is -0.494 e. The van der Waals surface area contributed by atoms with Crippen LogP contribution < -0.4 is 0 Å². The predicted molar refractivity (Wildman–Crippen MR) is 49.1 cm³/mol. The van der Waals surface area contributed by atoms with E-state index in [1.165, 1.54) is 6.26 Å². The number of aliphatic hydroxyl groups excluding tert-OH is 1. The number of ether oxygens (including phenoxy) is 1. The number of carbonyl (C=O) groups is 1. The normalized spacial score (nSPS) is 30.8. The molecule has 0 amide bonds. The zero-order chi connectivity index (χ0) is 10.0. The minimum atomic E-state index is -0.553. The van der Waals surface area contributed by atoms with Crippen LogP contribution in [0.4, 0.5) is 0 Å². The van der Waals surface area contributed by atoms with E-state index < -0.39 is 6.10 Å². The van der Waals surface area contributed by atoms with Gasteiger partial charge in [-0.1, -0.05) is 13.8 Å². The summed E-state index contributed by atoms with van der Waals surface area (Å²) in [6.07, 6.45) is 1.13. The molecule has 1 aliphatic rings. The molecule has 0 aromatic heterocycles. The summed E-state index contributed by atoms with van der Waals surface area (Å²) in [6.45, 7) is 5.40. The van der Waals surface area contributed by atoms with Crippen molar-refractivity contribution in [3.05, 3.63) is 11.8 Å². The van der Waals surface area contributed by atoms with Crippen molar-refractivity contribution in [2.24, 2.45) is 5.92 Å². The van der Waals surface area contributed by atoms with Gasteiger partial charge in [0.1, 0.15) is 6.10 Å². The van der Waals surface area contributed by atoms with Crippen LogP contribution in [-0.4, -0.2) is 23.1 Å². The van der Waals surface area contributed by atoms with E-state index in [0.29, 0.717) is 12.0 Å². The highest BCUT2D eigenvalue weighted by molar-refractivity contribution is 5.97. The molecule has 0 spiro atoms. The van der Waals surface area contributed by atoms with Crippen molar-refractivity contribution in [2.45, 2.75) is 39.4 Å². The summed E-state index contributed by atoms with van der Waals surface area (Å²) in [4.78, 5) is 11.5. The van der Waals surface area contributed by atoms with Crippen molar-refractivity contribution in [1.29, 1.82) is 0 Å². The summed E-state index contributed by atoms with van der Waals surface area (Å²) < 4.78 is 5.29. The average Bonchev–Trinajstić information content (AvgIpc) is 2.13. The van der Waals surface area contributed by atoms with Gasteiger partial charge in [-0.25, -0.2) is 0 Å². The van der Waals surface area contributed by atoms with E-state index in [9.17, 15) is 9.90 Å². The van der Waals surface area contributed by atoms with Gasteiger partial charge in [0, 0.05) is 5.57 Å². The topological polar surface area (TPSA) is 46.5 Å². The summed E-state index contributed by atoms with van der Waals surface area (Å²) in [5.41, 5.74) is 0.632. The Morgan fingerprint density at radius 1 is 1.69 bits per heavy atom. The Hall–Kier alpha value is -0.830. The standard InChI is InChI=1S/C10H16O3/c1-4-8(11)10-7(3)9(12)6(2)5-13-10/h5,7-8,10-11H,4H2,1-3H3. The molecule has 0 saturated heterocycles. The Morgan fingerprint density at radius 3 is 2.85 bits per heavy atom. The first-order valence-corrected chi connectivity index (χ1v) is 4.62. The molecule has 1 aliphatic heterocycles. The molecule has 1 heterocycles. The summed E-state index contributed by atoms with van der Waals surface area (Å²) >= 11 is 0. The van der Waals surface area contributed by atoms with Crippen LogP contribution in [0.25, 0.3) is 0 Å². The fraction of sp³-hybridized carbons (Fsp3) is 0.700. The van der Waals surface area contributed by atoms with E-state index >= 15 is 0 Å². The molecule has 3 heteroatoms. The lowest BCUT2D eigenvalue weighted by molar-refractivity contribution is -0.128. The number of rotatable bonds is 2. The van der Waals surface area contributed by atoms with Gasteiger partial charge >= 0.3 is 0 Å². The Bertz CT molecular complexity index is 232. The van der Waals surface area contributed by atoms with E-state index in [2.05, 4.69) is 0 Å². The number of carbonyl (C=O) groups excluding carboxylic acids is 1. The molecule has 0 fully saturated rings. The fourth-order valence-corrected chi connectivity index (χ4v) is 1.52. The molecular weight excluding hydrogens is 168 g/mol. The third kappa shape index (κ3) is 1.91. The summed E-state index contributed by atoms with van der Waals surface area (Å²) in [7, 11) is 0. The van der Waals surface area contributed by atoms with Gasteiger partial charge in [-0.2, -0.15) is 0 Å². The van der Waals surface area contributed by atoms with Gasteiger partial charge in [0.2, 0.25) is 0 Å². The van der Waals surface area contributed by atoms with E-state index in [-0.39, 0.29) is 17.8 Å². The lowest BCUT2D eigenvalue weighted by Crippen LogP contribution is -2.40. The number of ketones is 1. The van der Waals surface area contributed by atoms with Crippen LogP contribution in [0.15, 0.2) is 11.8 Å². The van der Waals surface area contributed by atoms with E-state index in [4.69, 9.17) is 4.74 Å². The van der Waals surface area contributed by atoms with Crippen molar-refractivity contribution >= 4 is 5.78 Å². The molecule has 0 aliphatic carbocycles. The van der Waals surface area contributed by atoms with Crippen LogP contribution in [0.1, 0.15) is 27.2 Å². The maximum absolute atomic E-state index is 11.5. The zero-order valence-electron chi connectivity index (χ0n) is 8.28. The second-order valence-corrected chi connectivity index (χ2v) is 3.53. The molecule has 74 valence electrons. The van der Waals surface area contributed by atoms with Crippen molar-refractivity contribution in [2.75, 3.05) is 0 Å². The second-order valence-electron chi connectivity index (χ2n) is 3.53. The van der Waals surface area contributed by atoms with Crippen molar-refractivity contribution in [3.63, 3.8) is 0 Å².